The first kappa shape index (κ1) is 16.6. The van der Waals surface area contributed by atoms with E-state index in [9.17, 15) is 9.59 Å². The predicted octanol–water partition coefficient (Wildman–Crippen LogP) is 3.55. The molecule has 4 rings (SSSR count). The fraction of sp³-hybridized carbons (Fsp3) is 0.333. The summed E-state index contributed by atoms with van der Waals surface area (Å²) in [7, 11) is 0. The molecule has 0 spiro atoms. The Morgan fingerprint density at radius 1 is 1.08 bits per heavy atom. The van der Waals surface area contributed by atoms with E-state index in [0.717, 1.165) is 17.5 Å². The SMILES string of the molecule is O=C(C[C@@H]1CCN2C[C@@H]1OC2=O)OC(c1ccccc1)c1ccccc1. The zero-order chi connectivity index (χ0) is 17.9. The van der Waals surface area contributed by atoms with Gasteiger partial charge >= 0.3 is 12.1 Å². The highest BCUT2D eigenvalue weighted by Crippen LogP contribution is 2.32. The largest absolute Gasteiger partial charge is 0.453 e. The van der Waals surface area contributed by atoms with Gasteiger partial charge in [0.1, 0.15) is 6.10 Å². The molecule has 5 nitrogen and oxygen atoms in total. The van der Waals surface area contributed by atoms with Gasteiger partial charge in [0.25, 0.3) is 0 Å². The van der Waals surface area contributed by atoms with E-state index in [1.54, 1.807) is 4.90 Å². The average Bonchev–Trinajstić information content (AvgIpc) is 2.98. The van der Waals surface area contributed by atoms with Crippen LogP contribution in [0.5, 0.6) is 0 Å². The molecule has 2 bridgehead atoms. The first-order valence-corrected chi connectivity index (χ1v) is 8.95. The molecule has 0 aliphatic carbocycles. The van der Waals surface area contributed by atoms with Crippen molar-refractivity contribution in [2.75, 3.05) is 13.1 Å². The van der Waals surface area contributed by atoms with Crippen LogP contribution in [0.25, 0.3) is 0 Å². The third-order valence-corrected chi connectivity index (χ3v) is 5.09. The zero-order valence-corrected chi connectivity index (χ0v) is 14.4. The third-order valence-electron chi connectivity index (χ3n) is 5.09. The molecule has 2 aromatic carbocycles. The lowest BCUT2D eigenvalue weighted by Crippen LogP contribution is -2.37. The van der Waals surface area contributed by atoms with Crippen LogP contribution in [0.1, 0.15) is 30.1 Å². The van der Waals surface area contributed by atoms with E-state index >= 15 is 0 Å². The van der Waals surface area contributed by atoms with Crippen molar-refractivity contribution in [2.24, 2.45) is 5.92 Å². The minimum absolute atomic E-state index is 0.0254. The van der Waals surface area contributed by atoms with Crippen molar-refractivity contribution in [1.29, 1.82) is 0 Å². The smallest absolute Gasteiger partial charge is 0.410 e. The van der Waals surface area contributed by atoms with Crippen molar-refractivity contribution in [1.82, 2.24) is 4.90 Å². The molecule has 2 saturated heterocycles. The maximum atomic E-state index is 12.6. The standard InChI is InChI=1S/C21H21NO4/c23-19(13-17-11-12-22-14-18(17)25-21(22)24)26-20(15-7-3-1-4-8-15)16-9-5-2-6-10-16/h1-10,17-18,20H,11-14H2/t17-,18-/m0/s1. The summed E-state index contributed by atoms with van der Waals surface area (Å²) in [5, 5.41) is 0. The first-order chi connectivity index (χ1) is 12.7. The molecule has 1 amide bonds. The van der Waals surface area contributed by atoms with Gasteiger partial charge in [0.2, 0.25) is 0 Å². The number of piperidine rings is 1. The topological polar surface area (TPSA) is 55.8 Å². The van der Waals surface area contributed by atoms with Crippen LogP contribution in [0.4, 0.5) is 4.79 Å². The zero-order valence-electron chi connectivity index (χ0n) is 14.4. The van der Waals surface area contributed by atoms with Gasteiger partial charge < -0.3 is 14.4 Å². The predicted molar refractivity (Wildman–Crippen MR) is 95.4 cm³/mol. The van der Waals surface area contributed by atoms with Gasteiger partial charge in [0.05, 0.1) is 13.0 Å². The fourth-order valence-corrected chi connectivity index (χ4v) is 3.68. The van der Waals surface area contributed by atoms with E-state index < -0.39 is 6.10 Å². The van der Waals surface area contributed by atoms with Gasteiger partial charge in [0, 0.05) is 12.5 Å². The summed E-state index contributed by atoms with van der Waals surface area (Å²) in [5.74, 6) is -0.235. The molecule has 2 atom stereocenters. The number of hydrogen-bond donors (Lipinski definition) is 0. The summed E-state index contributed by atoms with van der Waals surface area (Å²) in [5.41, 5.74) is 1.88. The fourth-order valence-electron chi connectivity index (χ4n) is 3.68. The van der Waals surface area contributed by atoms with Crippen molar-refractivity contribution >= 4 is 12.1 Å². The molecule has 2 fully saturated rings. The van der Waals surface area contributed by atoms with Gasteiger partial charge in [-0.25, -0.2) is 4.79 Å². The number of esters is 1. The van der Waals surface area contributed by atoms with Gasteiger partial charge in [-0.2, -0.15) is 0 Å². The Morgan fingerprint density at radius 3 is 2.31 bits per heavy atom. The van der Waals surface area contributed by atoms with Gasteiger partial charge in [-0.15, -0.1) is 0 Å². The lowest BCUT2D eigenvalue weighted by Gasteiger charge is -2.27. The molecule has 2 aliphatic rings. The van der Waals surface area contributed by atoms with Crippen LogP contribution in [0.3, 0.4) is 0 Å². The van der Waals surface area contributed by atoms with E-state index in [1.807, 2.05) is 60.7 Å². The second kappa shape index (κ2) is 7.20. The molecule has 2 aromatic rings. The Morgan fingerprint density at radius 2 is 1.69 bits per heavy atom. The van der Waals surface area contributed by atoms with E-state index in [-0.39, 0.29) is 30.5 Å². The van der Waals surface area contributed by atoms with Gasteiger partial charge in [-0.1, -0.05) is 60.7 Å². The number of amides is 1. The summed E-state index contributed by atoms with van der Waals surface area (Å²) in [6.07, 6.45) is 0.138. The van der Waals surface area contributed by atoms with E-state index in [4.69, 9.17) is 9.47 Å². The minimum atomic E-state index is -0.434. The van der Waals surface area contributed by atoms with Crippen LogP contribution < -0.4 is 0 Å². The lowest BCUT2D eigenvalue weighted by molar-refractivity contribution is -0.149. The summed E-state index contributed by atoms with van der Waals surface area (Å²) in [6.45, 7) is 1.23. The third kappa shape index (κ3) is 3.43. The molecular formula is C21H21NO4. The number of carbonyl (C=O) groups excluding carboxylic acids is 2. The summed E-state index contributed by atoms with van der Waals surface area (Å²) >= 11 is 0. The highest BCUT2D eigenvalue weighted by molar-refractivity contribution is 5.72. The van der Waals surface area contributed by atoms with Gasteiger partial charge in [-0.3, -0.25) is 4.79 Å². The highest BCUT2D eigenvalue weighted by atomic mass is 16.6. The Bertz CT molecular complexity index is 738. The molecule has 134 valence electrons. The van der Waals surface area contributed by atoms with Gasteiger partial charge in [-0.05, 0) is 17.5 Å². The maximum Gasteiger partial charge on any atom is 0.410 e. The number of fused-ring (bicyclic) bond motifs is 2. The van der Waals surface area contributed by atoms with E-state index in [0.29, 0.717) is 13.1 Å². The number of benzene rings is 2. The van der Waals surface area contributed by atoms with E-state index in [2.05, 4.69) is 0 Å². The molecule has 0 saturated carbocycles. The average molecular weight is 351 g/mol. The van der Waals surface area contributed by atoms with Crippen LogP contribution in [0, 0.1) is 5.92 Å². The Balaban J connectivity index is 1.47. The Hall–Kier alpha value is -2.82. The number of hydrogen-bond acceptors (Lipinski definition) is 4. The van der Waals surface area contributed by atoms with Crippen LogP contribution >= 0.6 is 0 Å². The van der Waals surface area contributed by atoms with Crippen LogP contribution in [-0.4, -0.2) is 36.2 Å². The monoisotopic (exact) mass is 351 g/mol. The molecule has 2 heterocycles. The number of rotatable bonds is 5. The van der Waals surface area contributed by atoms with Crippen molar-refractivity contribution < 1.29 is 19.1 Å². The molecule has 0 unspecified atom stereocenters. The second-order valence-corrected chi connectivity index (χ2v) is 6.81. The molecule has 2 aliphatic heterocycles. The maximum absolute atomic E-state index is 12.6. The lowest BCUT2D eigenvalue weighted by atomic mass is 9.91. The molecule has 26 heavy (non-hydrogen) atoms. The molecule has 0 radical (unpaired) electrons. The Labute approximate surface area is 152 Å². The van der Waals surface area contributed by atoms with Crippen molar-refractivity contribution in [2.45, 2.75) is 25.0 Å². The quantitative estimate of drug-likeness (QED) is 0.773. The van der Waals surface area contributed by atoms with Crippen molar-refractivity contribution in [3.63, 3.8) is 0 Å². The number of carbonyl (C=O) groups is 2. The number of nitrogens with zero attached hydrogens (tertiary/aromatic N) is 1. The minimum Gasteiger partial charge on any atom is -0.453 e. The van der Waals surface area contributed by atoms with Crippen molar-refractivity contribution in [3.05, 3.63) is 71.8 Å². The summed E-state index contributed by atoms with van der Waals surface area (Å²) < 4.78 is 11.2. The van der Waals surface area contributed by atoms with Crippen LogP contribution in [0.2, 0.25) is 0 Å². The first-order valence-electron chi connectivity index (χ1n) is 8.95. The second-order valence-electron chi connectivity index (χ2n) is 6.81. The van der Waals surface area contributed by atoms with Crippen LogP contribution in [-0.2, 0) is 14.3 Å². The van der Waals surface area contributed by atoms with Gasteiger partial charge in [0.15, 0.2) is 6.10 Å². The number of ether oxygens (including phenoxy) is 2. The van der Waals surface area contributed by atoms with E-state index in [1.165, 1.54) is 0 Å². The molecule has 0 aromatic heterocycles. The molecule has 5 heteroatoms. The summed E-state index contributed by atoms with van der Waals surface area (Å²) in [4.78, 5) is 26.0. The summed E-state index contributed by atoms with van der Waals surface area (Å²) in [6, 6.07) is 19.5. The van der Waals surface area contributed by atoms with Crippen LogP contribution in [0.15, 0.2) is 60.7 Å². The molecular weight excluding hydrogens is 330 g/mol. The van der Waals surface area contributed by atoms with Crippen molar-refractivity contribution in [3.8, 4) is 0 Å². The normalized spacial score (nSPS) is 21.6. The molecule has 0 N–H and O–H groups in total. The Kier molecular flexibility index (Phi) is 4.61. The highest BCUT2D eigenvalue weighted by Gasteiger charge is 2.42.